The highest BCUT2D eigenvalue weighted by Crippen LogP contribution is 2.29. The van der Waals surface area contributed by atoms with Gasteiger partial charge in [0, 0.05) is 6.42 Å². The lowest BCUT2D eigenvalue weighted by Crippen LogP contribution is -2.43. The minimum absolute atomic E-state index is 0.0936. The molecule has 0 aliphatic heterocycles. The molecule has 2 aromatic carbocycles. The third-order valence-corrected chi connectivity index (χ3v) is 3.94. The van der Waals surface area contributed by atoms with Gasteiger partial charge in [-0.1, -0.05) is 42.5 Å². The maximum atomic E-state index is 12.7. The van der Waals surface area contributed by atoms with Gasteiger partial charge in [-0.15, -0.1) is 0 Å². The number of amides is 1. The Morgan fingerprint density at radius 2 is 1.81 bits per heavy atom. The van der Waals surface area contributed by atoms with E-state index in [1.165, 1.54) is 12.1 Å². The van der Waals surface area contributed by atoms with E-state index >= 15 is 0 Å². The van der Waals surface area contributed by atoms with E-state index in [1.54, 1.807) is 12.1 Å². The van der Waals surface area contributed by atoms with Crippen LogP contribution < -0.4 is 5.32 Å². The third-order valence-electron chi connectivity index (χ3n) is 3.94. The molecule has 0 unspecified atom stereocenters. The summed E-state index contributed by atoms with van der Waals surface area (Å²) in [5.41, 5.74) is 0.986. The summed E-state index contributed by atoms with van der Waals surface area (Å²) in [6.45, 7) is 1.83. The molecular formula is C19H18F3NO3. The Hall–Kier alpha value is -2.83. The Morgan fingerprint density at radius 3 is 2.42 bits per heavy atom. The summed E-state index contributed by atoms with van der Waals surface area (Å²) in [6, 6.07) is 10.4. The van der Waals surface area contributed by atoms with E-state index in [4.69, 9.17) is 0 Å². The van der Waals surface area contributed by atoms with Gasteiger partial charge in [-0.3, -0.25) is 4.79 Å². The molecule has 4 nitrogen and oxygen atoms in total. The topological polar surface area (TPSA) is 66.4 Å². The van der Waals surface area contributed by atoms with E-state index in [-0.39, 0.29) is 18.4 Å². The van der Waals surface area contributed by atoms with E-state index in [2.05, 4.69) is 5.32 Å². The van der Waals surface area contributed by atoms with Crippen LogP contribution in [-0.2, 0) is 28.6 Å². The van der Waals surface area contributed by atoms with Crippen LogP contribution in [-0.4, -0.2) is 23.0 Å². The number of nitrogens with one attached hydrogen (secondary N) is 1. The number of rotatable bonds is 6. The lowest BCUT2D eigenvalue weighted by molar-refractivity contribution is -0.141. The smallest absolute Gasteiger partial charge is 0.416 e. The van der Waals surface area contributed by atoms with Crippen molar-refractivity contribution < 1.29 is 27.9 Å². The number of hydrogen-bond donors (Lipinski definition) is 2. The fourth-order valence-corrected chi connectivity index (χ4v) is 2.55. The van der Waals surface area contributed by atoms with Crippen molar-refractivity contribution in [3.63, 3.8) is 0 Å². The minimum atomic E-state index is -4.50. The Kier molecular flexibility index (Phi) is 6.02. The highest BCUT2D eigenvalue weighted by Gasteiger charge is 2.30. The van der Waals surface area contributed by atoms with Crippen LogP contribution in [0.1, 0.15) is 22.3 Å². The van der Waals surface area contributed by atoms with Gasteiger partial charge in [0.25, 0.3) is 0 Å². The molecule has 0 radical (unpaired) electrons. The first-order valence-corrected chi connectivity index (χ1v) is 7.89. The number of alkyl halides is 3. The molecule has 1 atom stereocenters. The van der Waals surface area contributed by atoms with Crippen molar-refractivity contribution in [1.82, 2.24) is 5.32 Å². The van der Waals surface area contributed by atoms with Crippen LogP contribution in [0, 0.1) is 6.92 Å². The van der Waals surface area contributed by atoms with Crippen molar-refractivity contribution in [1.29, 1.82) is 0 Å². The first-order valence-electron chi connectivity index (χ1n) is 7.89. The van der Waals surface area contributed by atoms with E-state index in [0.717, 1.165) is 23.3 Å². The normalized spacial score (nSPS) is 12.5. The highest BCUT2D eigenvalue weighted by molar-refractivity contribution is 5.85. The van der Waals surface area contributed by atoms with E-state index in [1.807, 2.05) is 19.1 Å². The van der Waals surface area contributed by atoms with Crippen LogP contribution in [0.3, 0.4) is 0 Å². The first-order chi connectivity index (χ1) is 12.2. The molecule has 138 valence electrons. The average Bonchev–Trinajstić information content (AvgIpc) is 2.55. The molecule has 0 saturated heterocycles. The van der Waals surface area contributed by atoms with Gasteiger partial charge in [0.2, 0.25) is 5.91 Å². The monoisotopic (exact) mass is 365 g/mol. The molecule has 7 heteroatoms. The number of hydrogen-bond acceptors (Lipinski definition) is 2. The van der Waals surface area contributed by atoms with Crippen LogP contribution in [0.5, 0.6) is 0 Å². The molecule has 0 fully saturated rings. The second kappa shape index (κ2) is 8.03. The van der Waals surface area contributed by atoms with Gasteiger partial charge in [-0.25, -0.2) is 4.79 Å². The molecule has 0 aromatic heterocycles. The van der Waals surface area contributed by atoms with Crippen molar-refractivity contribution >= 4 is 11.9 Å². The number of carboxylic acids is 1. The van der Waals surface area contributed by atoms with Crippen LogP contribution in [0.4, 0.5) is 13.2 Å². The average molecular weight is 365 g/mol. The van der Waals surface area contributed by atoms with Crippen molar-refractivity contribution in [3.05, 3.63) is 70.8 Å². The summed E-state index contributed by atoms with van der Waals surface area (Å²) in [7, 11) is 0. The van der Waals surface area contributed by atoms with Crippen LogP contribution in [0.15, 0.2) is 48.5 Å². The van der Waals surface area contributed by atoms with Crippen LogP contribution >= 0.6 is 0 Å². The fraction of sp³-hybridized carbons (Fsp3) is 0.263. The number of halogens is 3. The Balaban J connectivity index is 2.07. The quantitative estimate of drug-likeness (QED) is 0.825. The summed E-state index contributed by atoms with van der Waals surface area (Å²) < 4.78 is 38.2. The summed E-state index contributed by atoms with van der Waals surface area (Å²) >= 11 is 0. The molecule has 0 spiro atoms. The minimum Gasteiger partial charge on any atom is -0.480 e. The fourth-order valence-electron chi connectivity index (χ4n) is 2.55. The number of aliphatic carboxylic acids is 1. The van der Waals surface area contributed by atoms with Gasteiger partial charge < -0.3 is 10.4 Å². The SMILES string of the molecule is Cc1ccccc1C[C@H](NC(=O)Cc1cccc(C(F)(F)F)c1)C(=O)O. The van der Waals surface area contributed by atoms with Crippen LogP contribution in [0.2, 0.25) is 0 Å². The lowest BCUT2D eigenvalue weighted by Gasteiger charge is -2.16. The van der Waals surface area contributed by atoms with Crippen molar-refractivity contribution in [2.75, 3.05) is 0 Å². The molecule has 2 N–H and O–H groups in total. The summed E-state index contributed by atoms with van der Waals surface area (Å²) in [5, 5.41) is 11.7. The lowest BCUT2D eigenvalue weighted by atomic mass is 10.0. The number of carboxylic acid groups (broad SMARTS) is 1. The van der Waals surface area contributed by atoms with Gasteiger partial charge in [-0.2, -0.15) is 13.2 Å². The molecule has 2 rings (SSSR count). The largest absolute Gasteiger partial charge is 0.480 e. The number of carbonyl (C=O) groups is 2. The molecule has 0 saturated carbocycles. The second-order valence-corrected chi connectivity index (χ2v) is 5.96. The van der Waals surface area contributed by atoms with Crippen LogP contribution in [0.25, 0.3) is 0 Å². The maximum absolute atomic E-state index is 12.7. The summed E-state index contributed by atoms with van der Waals surface area (Å²) in [5.74, 6) is -1.85. The van der Waals surface area contributed by atoms with E-state index in [0.29, 0.717) is 0 Å². The van der Waals surface area contributed by atoms with Gasteiger partial charge >= 0.3 is 12.1 Å². The number of carbonyl (C=O) groups excluding carboxylic acids is 1. The first kappa shape index (κ1) is 19.5. The summed E-state index contributed by atoms with van der Waals surface area (Å²) in [6.07, 6.45) is -4.74. The van der Waals surface area contributed by atoms with Crippen molar-refractivity contribution in [3.8, 4) is 0 Å². The Morgan fingerprint density at radius 1 is 1.12 bits per heavy atom. The Labute approximate surface area is 148 Å². The predicted octanol–water partition coefficient (Wildman–Crippen LogP) is 3.37. The van der Waals surface area contributed by atoms with Gasteiger partial charge in [-0.05, 0) is 29.7 Å². The molecule has 0 heterocycles. The molecule has 0 aliphatic carbocycles. The van der Waals surface area contributed by atoms with Gasteiger partial charge in [0.05, 0.1) is 12.0 Å². The highest BCUT2D eigenvalue weighted by atomic mass is 19.4. The zero-order valence-electron chi connectivity index (χ0n) is 14.0. The van der Waals surface area contributed by atoms with Gasteiger partial charge in [0.1, 0.15) is 6.04 Å². The molecular weight excluding hydrogens is 347 g/mol. The van der Waals surface area contributed by atoms with E-state index in [9.17, 15) is 27.9 Å². The standard InChI is InChI=1S/C19H18F3NO3/c1-12-5-2-3-7-14(12)11-16(18(25)26)23-17(24)10-13-6-4-8-15(9-13)19(20,21)22/h2-9,16H,10-11H2,1H3,(H,23,24)(H,25,26)/t16-/m0/s1. The number of benzene rings is 2. The third kappa shape index (κ3) is 5.34. The zero-order valence-corrected chi connectivity index (χ0v) is 14.0. The Bertz CT molecular complexity index is 803. The predicted molar refractivity (Wildman–Crippen MR) is 89.6 cm³/mol. The van der Waals surface area contributed by atoms with E-state index < -0.39 is 29.7 Å². The maximum Gasteiger partial charge on any atom is 0.416 e. The van der Waals surface area contributed by atoms with Crippen molar-refractivity contribution in [2.24, 2.45) is 0 Å². The van der Waals surface area contributed by atoms with Crippen molar-refractivity contribution in [2.45, 2.75) is 32.0 Å². The second-order valence-electron chi connectivity index (χ2n) is 5.96. The molecule has 26 heavy (non-hydrogen) atoms. The number of aryl methyl sites for hydroxylation is 1. The van der Waals surface area contributed by atoms with Gasteiger partial charge in [0.15, 0.2) is 0 Å². The molecule has 1 amide bonds. The molecule has 0 aliphatic rings. The molecule has 2 aromatic rings. The summed E-state index contributed by atoms with van der Waals surface area (Å²) in [4.78, 5) is 23.5. The molecule has 0 bridgehead atoms. The zero-order chi connectivity index (χ0) is 19.3.